The van der Waals surface area contributed by atoms with E-state index in [9.17, 15) is 22.4 Å². The van der Waals surface area contributed by atoms with Gasteiger partial charge in [-0.05, 0) is 49.4 Å². The fraction of sp³-hybridized carbons (Fsp3) is 0.400. The number of ether oxygens (including phenoxy) is 3. The number of alkyl halides is 3. The Labute approximate surface area is 209 Å². The van der Waals surface area contributed by atoms with Crippen molar-refractivity contribution >= 4 is 5.82 Å². The van der Waals surface area contributed by atoms with Crippen molar-refractivity contribution in [3.8, 4) is 23.1 Å². The number of anilines is 1. The fourth-order valence-corrected chi connectivity index (χ4v) is 4.75. The first-order valence-electron chi connectivity index (χ1n) is 11.8. The number of aromatic nitrogens is 3. The minimum atomic E-state index is -4.65. The average molecular weight is 520 g/mol. The molecule has 8 nitrogen and oxygen atoms in total. The van der Waals surface area contributed by atoms with E-state index in [2.05, 4.69) is 14.9 Å². The third kappa shape index (κ3) is 5.05. The van der Waals surface area contributed by atoms with Crippen molar-refractivity contribution in [3.63, 3.8) is 0 Å². The van der Waals surface area contributed by atoms with E-state index < -0.39 is 23.4 Å². The van der Waals surface area contributed by atoms with Crippen molar-refractivity contribution in [2.24, 2.45) is 0 Å². The Balaban J connectivity index is 1.34. The van der Waals surface area contributed by atoms with Crippen molar-refractivity contribution in [2.75, 3.05) is 18.6 Å². The van der Waals surface area contributed by atoms with E-state index in [0.717, 1.165) is 44.5 Å². The highest BCUT2D eigenvalue weighted by molar-refractivity contribution is 5.60. The zero-order valence-corrected chi connectivity index (χ0v) is 19.9. The minimum absolute atomic E-state index is 0.0159. The minimum Gasteiger partial charge on any atom is -0.489 e. The number of rotatable bonds is 6. The summed E-state index contributed by atoms with van der Waals surface area (Å²) in [5.74, 6) is -0.245. The van der Waals surface area contributed by atoms with E-state index in [4.69, 9.17) is 14.2 Å². The second kappa shape index (κ2) is 9.91. The molecule has 2 aliphatic heterocycles. The highest BCUT2D eigenvalue weighted by Crippen LogP contribution is 2.41. The van der Waals surface area contributed by atoms with E-state index in [1.54, 1.807) is 4.57 Å². The molecule has 3 aromatic rings. The largest absolute Gasteiger partial charge is 0.489 e. The molecule has 1 atom stereocenters. The predicted molar refractivity (Wildman–Crippen MR) is 125 cm³/mol. The van der Waals surface area contributed by atoms with Crippen LogP contribution in [0.3, 0.4) is 0 Å². The van der Waals surface area contributed by atoms with Crippen molar-refractivity contribution in [1.82, 2.24) is 14.5 Å². The third-order valence-corrected chi connectivity index (χ3v) is 6.49. The van der Waals surface area contributed by atoms with E-state index in [1.807, 2.05) is 0 Å². The fourth-order valence-electron chi connectivity index (χ4n) is 4.75. The van der Waals surface area contributed by atoms with Gasteiger partial charge in [-0.25, -0.2) is 9.18 Å². The Hall–Kier alpha value is -3.83. The van der Waals surface area contributed by atoms with Crippen LogP contribution >= 0.6 is 0 Å². The van der Waals surface area contributed by atoms with Crippen LogP contribution in [0.2, 0.25) is 0 Å². The number of pyridine rings is 1. The number of methoxy groups -OCH3 is 1. The lowest BCUT2D eigenvalue weighted by molar-refractivity contribution is -0.141. The molecule has 196 valence electrons. The van der Waals surface area contributed by atoms with Gasteiger partial charge in [0.1, 0.15) is 18.1 Å². The van der Waals surface area contributed by atoms with Gasteiger partial charge in [-0.1, -0.05) is 6.07 Å². The van der Waals surface area contributed by atoms with Gasteiger partial charge in [0.25, 0.3) is 5.88 Å². The highest BCUT2D eigenvalue weighted by Gasteiger charge is 2.34. The standard InChI is InChI=1S/C25H24F4N4O4/c1-35-21-22(31-24(34)33-11-8-16-4-2-3-10-32(16)23(21)33)36-14-15-5-6-19(18(26)12-15)37-17-7-9-30-20(13-17)25(27,28)29/h5-7,9,12-13,16H,2-4,8,10-11,14H2,1H3/t16-/m0/s1. The summed E-state index contributed by atoms with van der Waals surface area (Å²) in [5, 5.41) is 0. The molecule has 1 saturated heterocycles. The molecule has 0 N–H and O–H groups in total. The predicted octanol–water partition coefficient (Wildman–Crippen LogP) is 4.94. The van der Waals surface area contributed by atoms with Crippen molar-refractivity contribution in [2.45, 2.75) is 51.1 Å². The maximum Gasteiger partial charge on any atom is 0.433 e. The summed E-state index contributed by atoms with van der Waals surface area (Å²) in [6.07, 6.45) is 0.340. The summed E-state index contributed by atoms with van der Waals surface area (Å²) in [6.45, 7) is 1.23. The molecular formula is C25H24F4N4O4. The van der Waals surface area contributed by atoms with Gasteiger partial charge in [-0.15, -0.1) is 0 Å². The van der Waals surface area contributed by atoms with Crippen LogP contribution in [0.5, 0.6) is 23.1 Å². The summed E-state index contributed by atoms with van der Waals surface area (Å²) in [5.41, 5.74) is -1.19. The first-order valence-corrected chi connectivity index (χ1v) is 11.8. The highest BCUT2D eigenvalue weighted by atomic mass is 19.4. The molecule has 12 heteroatoms. The van der Waals surface area contributed by atoms with Gasteiger partial charge >= 0.3 is 11.9 Å². The monoisotopic (exact) mass is 520 g/mol. The smallest absolute Gasteiger partial charge is 0.433 e. The molecule has 0 aliphatic carbocycles. The van der Waals surface area contributed by atoms with Gasteiger partial charge in [-0.3, -0.25) is 9.55 Å². The SMILES string of the molecule is COc1c(OCc2ccc(Oc3ccnc(C(F)(F)F)c3)c(F)c2)nc(=O)n2c1N1CCCC[C@H]1CC2. The van der Waals surface area contributed by atoms with Crippen molar-refractivity contribution < 1.29 is 31.8 Å². The van der Waals surface area contributed by atoms with E-state index in [-0.39, 0.29) is 24.0 Å². The number of fused-ring (bicyclic) bond motifs is 3. The molecule has 2 aliphatic rings. The first kappa shape index (κ1) is 24.8. The van der Waals surface area contributed by atoms with Crippen LogP contribution in [0.1, 0.15) is 36.9 Å². The van der Waals surface area contributed by atoms with Gasteiger partial charge < -0.3 is 19.1 Å². The lowest BCUT2D eigenvalue weighted by Gasteiger charge is -2.42. The zero-order valence-electron chi connectivity index (χ0n) is 19.9. The van der Waals surface area contributed by atoms with Crippen LogP contribution in [0.4, 0.5) is 23.4 Å². The second-order valence-corrected chi connectivity index (χ2v) is 8.87. The maximum atomic E-state index is 14.7. The summed E-state index contributed by atoms with van der Waals surface area (Å²) in [4.78, 5) is 22.2. The quantitative estimate of drug-likeness (QED) is 0.426. The zero-order chi connectivity index (χ0) is 26.2. The molecule has 0 spiro atoms. The summed E-state index contributed by atoms with van der Waals surface area (Å²) < 4.78 is 71.6. The van der Waals surface area contributed by atoms with Crippen LogP contribution < -0.4 is 24.8 Å². The van der Waals surface area contributed by atoms with Gasteiger partial charge in [0.15, 0.2) is 17.4 Å². The maximum absolute atomic E-state index is 14.7. The molecule has 0 bridgehead atoms. The number of benzene rings is 1. The molecule has 5 rings (SSSR count). The van der Waals surface area contributed by atoms with Crippen molar-refractivity contribution in [3.05, 3.63) is 64.1 Å². The van der Waals surface area contributed by atoms with Gasteiger partial charge in [0.2, 0.25) is 5.75 Å². The Morgan fingerprint density at radius 2 is 1.95 bits per heavy atom. The van der Waals surface area contributed by atoms with Gasteiger partial charge in [-0.2, -0.15) is 18.2 Å². The molecule has 4 heterocycles. The van der Waals surface area contributed by atoms with Crippen LogP contribution in [-0.2, 0) is 19.3 Å². The van der Waals surface area contributed by atoms with Crippen LogP contribution in [0, 0.1) is 5.82 Å². The van der Waals surface area contributed by atoms with E-state index in [1.165, 1.54) is 25.3 Å². The van der Waals surface area contributed by atoms with Crippen LogP contribution in [0.15, 0.2) is 41.3 Å². The average Bonchev–Trinajstić information content (AvgIpc) is 2.88. The summed E-state index contributed by atoms with van der Waals surface area (Å²) >= 11 is 0. The molecule has 0 unspecified atom stereocenters. The number of halogens is 4. The van der Waals surface area contributed by atoms with Crippen molar-refractivity contribution in [1.29, 1.82) is 0 Å². The number of piperidine rings is 1. The van der Waals surface area contributed by atoms with Crippen LogP contribution in [0.25, 0.3) is 0 Å². The molecule has 1 fully saturated rings. The Kier molecular flexibility index (Phi) is 6.65. The number of hydrogen-bond acceptors (Lipinski definition) is 7. The lowest BCUT2D eigenvalue weighted by Crippen LogP contribution is -2.47. The lowest BCUT2D eigenvalue weighted by atomic mass is 9.97. The number of nitrogens with zero attached hydrogens (tertiary/aromatic N) is 4. The van der Waals surface area contributed by atoms with E-state index in [0.29, 0.717) is 35.8 Å². The molecule has 0 saturated carbocycles. The first-order chi connectivity index (χ1) is 17.7. The molecule has 0 amide bonds. The second-order valence-electron chi connectivity index (χ2n) is 8.87. The van der Waals surface area contributed by atoms with E-state index >= 15 is 0 Å². The van der Waals surface area contributed by atoms with Gasteiger partial charge in [0, 0.05) is 31.4 Å². The Morgan fingerprint density at radius 1 is 1.11 bits per heavy atom. The normalized spacial score (nSPS) is 17.1. The van der Waals surface area contributed by atoms with Crippen LogP contribution in [-0.4, -0.2) is 34.2 Å². The summed E-state index contributed by atoms with van der Waals surface area (Å²) in [6, 6.07) is 6.14. The molecule has 1 aromatic carbocycles. The molecule has 0 radical (unpaired) electrons. The number of hydrogen-bond donors (Lipinski definition) is 0. The Morgan fingerprint density at radius 3 is 2.70 bits per heavy atom. The molecular weight excluding hydrogens is 496 g/mol. The Bertz CT molecular complexity index is 1360. The van der Waals surface area contributed by atoms with Gasteiger partial charge in [0.05, 0.1) is 7.11 Å². The molecule has 37 heavy (non-hydrogen) atoms. The topological polar surface area (TPSA) is 78.7 Å². The molecule has 2 aromatic heterocycles. The summed E-state index contributed by atoms with van der Waals surface area (Å²) in [7, 11) is 1.48. The third-order valence-electron chi connectivity index (χ3n) is 6.49.